The monoisotopic (exact) mass is 508 g/mol. The van der Waals surface area contributed by atoms with Gasteiger partial charge in [-0.05, 0) is 42.3 Å². The zero-order chi connectivity index (χ0) is 26.6. The van der Waals surface area contributed by atoms with E-state index in [1.165, 1.54) is 36.9 Å². The molecule has 0 spiro atoms. The topological polar surface area (TPSA) is 89.2 Å². The first-order valence-electron chi connectivity index (χ1n) is 10.4. The number of alkyl halides is 3. The molecule has 0 aliphatic heterocycles. The van der Waals surface area contributed by atoms with Gasteiger partial charge < -0.3 is 20.2 Å². The molecule has 0 fully saturated rings. The Morgan fingerprint density at radius 2 is 1.83 bits per heavy atom. The van der Waals surface area contributed by atoms with Gasteiger partial charge in [0.2, 0.25) is 5.88 Å². The number of nitrogens with zero attached hydrogens (tertiary/aromatic N) is 2. The Bertz CT molecular complexity index is 1360. The van der Waals surface area contributed by atoms with Crippen LogP contribution in [0.5, 0.6) is 17.4 Å². The molecule has 2 aromatic carbocycles. The van der Waals surface area contributed by atoms with Gasteiger partial charge in [0.25, 0.3) is 0 Å². The fourth-order valence-corrected chi connectivity index (χ4v) is 3.25. The predicted molar refractivity (Wildman–Crippen MR) is 122 cm³/mol. The highest BCUT2D eigenvalue weighted by Gasteiger charge is 2.33. The second-order valence-electron chi connectivity index (χ2n) is 7.61. The van der Waals surface area contributed by atoms with E-state index in [2.05, 4.69) is 10.3 Å². The Morgan fingerprint density at radius 1 is 1.17 bits per heavy atom. The number of halogens is 5. The van der Waals surface area contributed by atoms with Crippen LogP contribution in [0.25, 0.3) is 5.57 Å². The number of allylic oxidation sites excluding steroid dienone is 1. The number of hydrogen-bond acceptors (Lipinski definition) is 6. The predicted octanol–water partition coefficient (Wildman–Crippen LogP) is 4.97. The third kappa shape index (κ3) is 5.88. The van der Waals surface area contributed by atoms with Crippen molar-refractivity contribution in [2.45, 2.75) is 19.7 Å². The van der Waals surface area contributed by atoms with Crippen LogP contribution in [-0.2, 0) is 19.8 Å². The van der Waals surface area contributed by atoms with E-state index in [4.69, 9.17) is 14.9 Å². The van der Waals surface area contributed by atoms with Gasteiger partial charge >= 0.3 is 11.9 Å². The number of aryl methyl sites for hydroxylation is 1. The van der Waals surface area contributed by atoms with Gasteiger partial charge in [-0.15, -0.1) is 0 Å². The number of benzene rings is 2. The van der Waals surface area contributed by atoms with Crippen molar-refractivity contribution in [3.8, 4) is 17.4 Å². The lowest BCUT2D eigenvalue weighted by molar-refractivity contribution is -0.138. The van der Waals surface area contributed by atoms with E-state index in [-0.39, 0.29) is 29.4 Å². The third-order valence-corrected chi connectivity index (χ3v) is 5.04. The smallest absolute Gasteiger partial charge is 0.416 e. The van der Waals surface area contributed by atoms with E-state index < -0.39 is 34.8 Å². The summed E-state index contributed by atoms with van der Waals surface area (Å²) >= 11 is 0. The fourth-order valence-electron chi connectivity index (χ4n) is 3.25. The molecule has 36 heavy (non-hydrogen) atoms. The maximum absolute atomic E-state index is 14.6. The van der Waals surface area contributed by atoms with Crippen LogP contribution < -0.4 is 20.5 Å². The number of hydrogen-bond donors (Lipinski definition) is 2. The summed E-state index contributed by atoms with van der Waals surface area (Å²) in [6, 6.07) is 6.14. The lowest BCUT2D eigenvalue weighted by atomic mass is 10.1. The molecule has 12 heteroatoms. The zero-order valence-corrected chi connectivity index (χ0v) is 19.3. The molecular weight excluding hydrogens is 487 g/mol. The third-order valence-electron chi connectivity index (χ3n) is 5.04. The second-order valence-corrected chi connectivity index (χ2v) is 7.61. The van der Waals surface area contributed by atoms with E-state index in [0.29, 0.717) is 17.3 Å². The zero-order valence-electron chi connectivity index (χ0n) is 19.3. The molecule has 0 bridgehead atoms. The van der Waals surface area contributed by atoms with Crippen molar-refractivity contribution in [1.82, 2.24) is 14.9 Å². The van der Waals surface area contributed by atoms with Gasteiger partial charge in [0, 0.05) is 38.1 Å². The van der Waals surface area contributed by atoms with Crippen molar-refractivity contribution in [1.29, 1.82) is 5.41 Å². The van der Waals surface area contributed by atoms with E-state index in [0.717, 1.165) is 24.4 Å². The Hall–Kier alpha value is -4.22. The molecule has 0 aliphatic rings. The Kier molecular flexibility index (Phi) is 7.76. The van der Waals surface area contributed by atoms with E-state index in [1.54, 1.807) is 7.05 Å². The summed E-state index contributed by atoms with van der Waals surface area (Å²) in [4.78, 5) is 15.9. The minimum absolute atomic E-state index is 0.0132. The number of ether oxygens (including phenoxy) is 2. The van der Waals surface area contributed by atoms with Crippen molar-refractivity contribution < 1.29 is 31.4 Å². The summed E-state index contributed by atoms with van der Waals surface area (Å²) in [5.74, 6) is -3.73. The normalized spacial score (nSPS) is 11.8. The van der Waals surface area contributed by atoms with E-state index >= 15 is 0 Å². The molecule has 3 aromatic rings. The SMILES string of the molecule is CN/C=C(\C=N)c1cc(OCc2cc(F)c(Oc3ccc(C)c(C(F)(F)F)c3)c(F)c2)nc(=O)n1C. The minimum atomic E-state index is -4.66. The van der Waals surface area contributed by atoms with Gasteiger partial charge in [0.15, 0.2) is 17.4 Å². The Labute approximate surface area is 202 Å². The van der Waals surface area contributed by atoms with E-state index in [1.807, 2.05) is 0 Å². The quantitative estimate of drug-likeness (QED) is 0.332. The fraction of sp³-hybridized carbons (Fsp3) is 0.208. The molecule has 0 unspecified atom stereocenters. The van der Waals surface area contributed by atoms with Gasteiger partial charge in [-0.25, -0.2) is 13.6 Å². The lowest BCUT2D eigenvalue weighted by Gasteiger charge is -2.14. The molecule has 0 saturated heterocycles. The van der Waals surface area contributed by atoms with Crippen molar-refractivity contribution >= 4 is 11.8 Å². The molecule has 0 atom stereocenters. The van der Waals surface area contributed by atoms with Crippen molar-refractivity contribution in [2.24, 2.45) is 7.05 Å². The van der Waals surface area contributed by atoms with Crippen LogP contribution in [0.15, 0.2) is 47.4 Å². The Morgan fingerprint density at radius 3 is 2.42 bits per heavy atom. The Balaban J connectivity index is 1.83. The minimum Gasteiger partial charge on any atom is -0.473 e. The summed E-state index contributed by atoms with van der Waals surface area (Å²) in [5, 5.41) is 10.3. The highest BCUT2D eigenvalue weighted by Crippen LogP contribution is 2.36. The van der Waals surface area contributed by atoms with Crippen LogP contribution in [0, 0.1) is 24.0 Å². The molecule has 3 rings (SSSR count). The largest absolute Gasteiger partial charge is 0.473 e. The molecule has 0 saturated carbocycles. The van der Waals surface area contributed by atoms with E-state index in [9.17, 15) is 26.7 Å². The van der Waals surface area contributed by atoms with Crippen LogP contribution >= 0.6 is 0 Å². The second kappa shape index (κ2) is 10.6. The van der Waals surface area contributed by atoms with Gasteiger partial charge in [-0.3, -0.25) is 4.57 Å². The molecule has 1 heterocycles. The molecule has 1 aromatic heterocycles. The van der Waals surface area contributed by atoms with Crippen molar-refractivity contribution in [3.63, 3.8) is 0 Å². The summed E-state index contributed by atoms with van der Waals surface area (Å²) in [5.41, 5.74) is -1.05. The molecule has 7 nitrogen and oxygen atoms in total. The summed E-state index contributed by atoms with van der Waals surface area (Å²) in [7, 11) is 3.07. The van der Waals surface area contributed by atoms with Gasteiger partial charge in [-0.1, -0.05) is 6.07 Å². The first-order valence-corrected chi connectivity index (χ1v) is 10.4. The van der Waals surface area contributed by atoms with Crippen LogP contribution in [0.4, 0.5) is 22.0 Å². The van der Waals surface area contributed by atoms with Crippen molar-refractivity contribution in [3.05, 3.63) is 87.1 Å². The van der Waals surface area contributed by atoms with Gasteiger partial charge in [0.1, 0.15) is 12.4 Å². The highest BCUT2D eigenvalue weighted by atomic mass is 19.4. The summed E-state index contributed by atoms with van der Waals surface area (Å²) in [6.07, 6.45) is -2.15. The molecule has 2 N–H and O–H groups in total. The number of nitrogens with one attached hydrogen (secondary N) is 2. The van der Waals surface area contributed by atoms with Crippen LogP contribution in [0.1, 0.15) is 22.4 Å². The van der Waals surface area contributed by atoms with Gasteiger partial charge in [0.05, 0.1) is 11.3 Å². The molecular formula is C24H21F5N4O3. The molecule has 190 valence electrons. The first-order chi connectivity index (χ1) is 16.9. The number of rotatable bonds is 8. The summed E-state index contributed by atoms with van der Waals surface area (Å²) < 4.78 is 80.3. The maximum Gasteiger partial charge on any atom is 0.416 e. The van der Waals surface area contributed by atoms with Crippen LogP contribution in [0.3, 0.4) is 0 Å². The maximum atomic E-state index is 14.6. The highest BCUT2D eigenvalue weighted by molar-refractivity contribution is 6.07. The molecule has 0 radical (unpaired) electrons. The van der Waals surface area contributed by atoms with Crippen molar-refractivity contribution in [2.75, 3.05) is 7.05 Å². The standard InChI is InChI=1S/C24H21F5N4O3/c1-13-4-5-16(8-17(13)24(27,28)29)36-22-18(25)6-14(7-19(22)26)12-35-21-9-20(15(10-30)11-31-2)33(3)23(34)32-21/h4-11,30-31H,12H2,1-3H3/b15-11+,30-10?. The van der Waals surface area contributed by atoms with Gasteiger partial charge in [-0.2, -0.15) is 18.2 Å². The average Bonchev–Trinajstić information content (AvgIpc) is 2.81. The summed E-state index contributed by atoms with van der Waals surface area (Å²) in [6.45, 7) is 0.873. The first kappa shape index (κ1) is 26.4. The lowest BCUT2D eigenvalue weighted by Crippen LogP contribution is -2.24. The molecule has 0 amide bonds. The number of aromatic nitrogens is 2. The van der Waals surface area contributed by atoms with Crippen LogP contribution in [0.2, 0.25) is 0 Å². The van der Waals surface area contributed by atoms with Crippen LogP contribution in [-0.4, -0.2) is 22.8 Å². The molecule has 0 aliphatic carbocycles. The average molecular weight is 508 g/mol.